The van der Waals surface area contributed by atoms with Crippen molar-refractivity contribution in [2.75, 3.05) is 20.2 Å². The number of nitrogens with two attached hydrogens (primary N) is 1. The summed E-state index contributed by atoms with van der Waals surface area (Å²) in [5, 5.41) is 5.19. The Morgan fingerprint density at radius 2 is 1.94 bits per heavy atom. The van der Waals surface area contributed by atoms with Gasteiger partial charge >= 0.3 is 0 Å². The summed E-state index contributed by atoms with van der Waals surface area (Å²) in [6.45, 7) is 0.685. The van der Waals surface area contributed by atoms with Crippen LogP contribution in [-0.4, -0.2) is 58.7 Å². The molecular weight excluding hydrogens is 456 g/mol. The molecular formula is C23H30N6O4S. The van der Waals surface area contributed by atoms with E-state index in [0.29, 0.717) is 47.7 Å². The molecule has 2 aliphatic rings. The second-order valence-electron chi connectivity index (χ2n) is 9.23. The van der Waals surface area contributed by atoms with Crippen LogP contribution in [0.15, 0.2) is 27.9 Å². The molecule has 1 unspecified atom stereocenters. The van der Waals surface area contributed by atoms with Crippen LogP contribution in [-0.2, 0) is 17.1 Å². The molecule has 1 aromatic carbocycles. The summed E-state index contributed by atoms with van der Waals surface area (Å²) in [6.07, 6.45) is 6.19. The van der Waals surface area contributed by atoms with Crippen molar-refractivity contribution < 1.29 is 13.2 Å². The second-order valence-corrected chi connectivity index (χ2v) is 11.2. The van der Waals surface area contributed by atoms with Crippen LogP contribution in [0.4, 0.5) is 0 Å². The number of sulfonamides is 1. The van der Waals surface area contributed by atoms with Gasteiger partial charge in [0.05, 0.1) is 23.3 Å². The molecule has 1 atom stereocenters. The van der Waals surface area contributed by atoms with Gasteiger partial charge in [0.25, 0.3) is 5.56 Å². The Morgan fingerprint density at radius 3 is 2.62 bits per heavy atom. The van der Waals surface area contributed by atoms with Gasteiger partial charge in [0.15, 0.2) is 5.65 Å². The van der Waals surface area contributed by atoms with Gasteiger partial charge in [-0.15, -0.1) is 0 Å². The van der Waals surface area contributed by atoms with Crippen molar-refractivity contribution in [3.8, 4) is 17.1 Å². The van der Waals surface area contributed by atoms with E-state index in [1.807, 2.05) is 0 Å². The number of hydrogen-bond acceptors (Lipinski definition) is 7. The minimum Gasteiger partial charge on any atom is -0.496 e. The van der Waals surface area contributed by atoms with Gasteiger partial charge in [0.2, 0.25) is 10.0 Å². The third kappa shape index (κ3) is 3.91. The molecule has 0 spiro atoms. The topological polar surface area (TPSA) is 136 Å². The number of ether oxygens (including phenoxy) is 1. The van der Waals surface area contributed by atoms with Gasteiger partial charge in [0.1, 0.15) is 17.0 Å². The van der Waals surface area contributed by atoms with E-state index in [0.717, 1.165) is 31.4 Å². The predicted octanol–water partition coefficient (Wildman–Crippen LogP) is 2.10. The number of methoxy groups -OCH3 is 1. The van der Waals surface area contributed by atoms with E-state index >= 15 is 0 Å². The summed E-state index contributed by atoms with van der Waals surface area (Å²) < 4.78 is 34.7. The van der Waals surface area contributed by atoms with Crippen molar-refractivity contribution in [2.45, 2.75) is 55.4 Å². The lowest BCUT2D eigenvalue weighted by atomic mass is 9.86. The van der Waals surface area contributed by atoms with Crippen LogP contribution < -0.4 is 16.0 Å². The fourth-order valence-electron chi connectivity index (χ4n) is 5.12. The molecule has 3 aromatic rings. The number of fused-ring (bicyclic) bond motifs is 1. The molecule has 3 N–H and O–H groups in total. The lowest BCUT2D eigenvalue weighted by Gasteiger charge is -2.19. The van der Waals surface area contributed by atoms with Crippen LogP contribution in [0.5, 0.6) is 5.75 Å². The third-order valence-electron chi connectivity index (χ3n) is 6.97. The molecule has 11 heteroatoms. The maximum atomic E-state index is 13.2. The number of hydrogen-bond donors (Lipinski definition) is 2. The summed E-state index contributed by atoms with van der Waals surface area (Å²) in [7, 11) is -0.444. The van der Waals surface area contributed by atoms with Gasteiger partial charge in [-0.05, 0) is 31.4 Å². The molecule has 34 heavy (non-hydrogen) atoms. The average Bonchev–Trinajstić information content (AvgIpc) is 3.43. The van der Waals surface area contributed by atoms with E-state index in [4.69, 9.17) is 15.5 Å². The number of rotatable bonds is 5. The van der Waals surface area contributed by atoms with E-state index in [9.17, 15) is 13.2 Å². The zero-order valence-corrected chi connectivity index (χ0v) is 20.3. The van der Waals surface area contributed by atoms with Crippen molar-refractivity contribution in [1.29, 1.82) is 0 Å². The highest BCUT2D eigenvalue weighted by molar-refractivity contribution is 7.89. The molecule has 2 fully saturated rings. The van der Waals surface area contributed by atoms with Gasteiger partial charge in [-0.3, -0.25) is 4.79 Å². The molecule has 0 radical (unpaired) electrons. The van der Waals surface area contributed by atoms with E-state index in [1.165, 1.54) is 30.0 Å². The summed E-state index contributed by atoms with van der Waals surface area (Å²) in [6, 6.07) is 4.44. The number of nitrogens with one attached hydrogen (secondary N) is 1. The Hall–Kier alpha value is -2.76. The zero-order chi connectivity index (χ0) is 24.0. The molecule has 1 saturated carbocycles. The first-order chi connectivity index (χ1) is 16.3. The standard InChI is InChI=1S/C23H30N6O4S/c1-28-22-19(20(27-28)14-6-4-3-5-7-14)23(30)26-21(25-22)17-9-8-16(12-18(17)33-2)34(31,32)29-11-10-15(24)13-29/h8-9,12,14-15H,3-7,10-11,13,24H2,1-2H3,(H,25,26,30). The van der Waals surface area contributed by atoms with Crippen molar-refractivity contribution in [3.05, 3.63) is 34.2 Å². The summed E-state index contributed by atoms with van der Waals surface area (Å²) >= 11 is 0. The highest BCUT2D eigenvalue weighted by Crippen LogP contribution is 2.36. The number of benzene rings is 1. The Labute approximate surface area is 198 Å². The molecule has 10 nitrogen and oxygen atoms in total. The number of aryl methyl sites for hydroxylation is 1. The maximum Gasteiger partial charge on any atom is 0.262 e. The van der Waals surface area contributed by atoms with Crippen molar-refractivity contribution in [1.82, 2.24) is 24.1 Å². The minimum atomic E-state index is -3.69. The summed E-state index contributed by atoms with van der Waals surface area (Å²) in [5.74, 6) is 0.880. The lowest BCUT2D eigenvalue weighted by molar-refractivity contribution is 0.414. The number of nitrogens with zero attached hydrogens (tertiary/aromatic N) is 4. The fraction of sp³-hybridized carbons (Fsp3) is 0.522. The molecule has 5 rings (SSSR count). The minimum absolute atomic E-state index is 0.116. The van der Waals surface area contributed by atoms with Crippen molar-refractivity contribution >= 4 is 21.1 Å². The number of H-pyrrole nitrogens is 1. The number of aromatic nitrogens is 4. The van der Waals surface area contributed by atoms with E-state index in [-0.39, 0.29) is 22.4 Å². The highest BCUT2D eigenvalue weighted by atomic mass is 32.2. The quantitative estimate of drug-likeness (QED) is 0.563. The van der Waals surface area contributed by atoms with Crippen LogP contribution in [0.3, 0.4) is 0 Å². The fourth-order valence-corrected chi connectivity index (χ4v) is 6.65. The van der Waals surface area contributed by atoms with E-state index < -0.39 is 10.0 Å². The van der Waals surface area contributed by atoms with Crippen molar-refractivity contribution in [3.63, 3.8) is 0 Å². The first-order valence-corrected chi connectivity index (χ1v) is 13.1. The molecule has 2 aromatic heterocycles. The Balaban J connectivity index is 1.56. The van der Waals surface area contributed by atoms with Gasteiger partial charge < -0.3 is 15.5 Å². The molecule has 3 heterocycles. The second kappa shape index (κ2) is 8.79. The Kier molecular flexibility index (Phi) is 5.95. The lowest BCUT2D eigenvalue weighted by Crippen LogP contribution is -2.32. The molecule has 182 valence electrons. The summed E-state index contributed by atoms with van der Waals surface area (Å²) in [5.41, 5.74) is 7.46. The average molecular weight is 487 g/mol. The molecule has 1 saturated heterocycles. The van der Waals surface area contributed by atoms with E-state index in [2.05, 4.69) is 10.1 Å². The van der Waals surface area contributed by atoms with E-state index in [1.54, 1.807) is 17.8 Å². The van der Waals surface area contributed by atoms with Crippen LogP contribution in [0.2, 0.25) is 0 Å². The monoisotopic (exact) mass is 486 g/mol. The molecule has 0 amide bonds. The van der Waals surface area contributed by atoms with Gasteiger partial charge in [-0.1, -0.05) is 19.3 Å². The Bertz CT molecular complexity index is 1390. The maximum absolute atomic E-state index is 13.2. The predicted molar refractivity (Wildman–Crippen MR) is 128 cm³/mol. The van der Waals surface area contributed by atoms with Gasteiger partial charge in [-0.2, -0.15) is 9.40 Å². The van der Waals surface area contributed by atoms with Crippen LogP contribution in [0, 0.1) is 0 Å². The smallest absolute Gasteiger partial charge is 0.262 e. The molecule has 0 bridgehead atoms. The largest absolute Gasteiger partial charge is 0.496 e. The highest BCUT2D eigenvalue weighted by Gasteiger charge is 2.32. The first kappa shape index (κ1) is 23.0. The summed E-state index contributed by atoms with van der Waals surface area (Å²) in [4.78, 5) is 20.9. The Morgan fingerprint density at radius 1 is 1.18 bits per heavy atom. The molecule has 1 aliphatic carbocycles. The van der Waals surface area contributed by atoms with Crippen LogP contribution >= 0.6 is 0 Å². The normalized spacial score (nSPS) is 20.3. The van der Waals surface area contributed by atoms with Crippen LogP contribution in [0.1, 0.15) is 50.1 Å². The number of aromatic amines is 1. The van der Waals surface area contributed by atoms with Crippen LogP contribution in [0.25, 0.3) is 22.4 Å². The van der Waals surface area contributed by atoms with Crippen molar-refractivity contribution in [2.24, 2.45) is 12.8 Å². The van der Waals surface area contributed by atoms with Gasteiger partial charge in [0, 0.05) is 38.2 Å². The third-order valence-corrected chi connectivity index (χ3v) is 8.83. The van der Waals surface area contributed by atoms with Gasteiger partial charge in [-0.25, -0.2) is 18.1 Å². The zero-order valence-electron chi connectivity index (χ0n) is 19.5. The first-order valence-electron chi connectivity index (χ1n) is 11.7. The SMILES string of the molecule is COc1cc(S(=O)(=O)N2CCC(N)C2)ccc1-c1nc2c(c(C3CCCCC3)nn2C)c(=O)[nH]1. The molecule has 1 aliphatic heterocycles.